The number of hydrogen-bond donors (Lipinski definition) is 0. The van der Waals surface area contributed by atoms with Gasteiger partial charge in [0, 0.05) is 19.3 Å². The third-order valence-electron chi connectivity index (χ3n) is 5.13. The van der Waals surface area contributed by atoms with Crippen LogP contribution in [0.25, 0.3) is 0 Å². The summed E-state index contributed by atoms with van der Waals surface area (Å²) >= 11 is 0. The molecule has 2 fully saturated rings. The molecular weight excluding hydrogens is 286 g/mol. The number of rotatable bonds is 4. The summed E-state index contributed by atoms with van der Waals surface area (Å²) in [6.07, 6.45) is 8.26. The van der Waals surface area contributed by atoms with Gasteiger partial charge in [-0.2, -0.15) is 0 Å². The average molecular weight is 313 g/mol. The van der Waals surface area contributed by atoms with Crippen molar-refractivity contribution >= 4 is 5.91 Å². The van der Waals surface area contributed by atoms with Crippen molar-refractivity contribution in [2.75, 3.05) is 19.6 Å². The number of nitrogens with zero attached hydrogens (tertiary/aromatic N) is 3. The number of carbonyl (C=O) groups is 1. The number of amides is 1. The Bertz CT molecular complexity index is 580. The zero-order chi connectivity index (χ0) is 16.3. The maximum atomic E-state index is 13.2. The van der Waals surface area contributed by atoms with Crippen molar-refractivity contribution in [2.45, 2.75) is 51.6 Å². The summed E-state index contributed by atoms with van der Waals surface area (Å²) in [5, 5.41) is 0. The molecule has 1 unspecified atom stereocenters. The summed E-state index contributed by atoms with van der Waals surface area (Å²) in [6.45, 7) is 7.67. The molecule has 0 saturated carbocycles. The molecule has 4 nitrogen and oxygen atoms in total. The van der Waals surface area contributed by atoms with Crippen molar-refractivity contribution in [3.8, 4) is 0 Å². The lowest BCUT2D eigenvalue weighted by atomic mass is 9.85. The number of pyridine rings is 1. The van der Waals surface area contributed by atoms with Crippen molar-refractivity contribution in [3.63, 3.8) is 0 Å². The van der Waals surface area contributed by atoms with Gasteiger partial charge in [-0.3, -0.25) is 14.7 Å². The highest BCUT2D eigenvalue weighted by Gasteiger charge is 2.50. The Morgan fingerprint density at radius 2 is 2.04 bits per heavy atom. The van der Waals surface area contributed by atoms with E-state index in [2.05, 4.69) is 29.8 Å². The molecule has 3 rings (SSSR count). The van der Waals surface area contributed by atoms with Crippen LogP contribution in [0.2, 0.25) is 0 Å². The molecule has 0 N–H and O–H groups in total. The van der Waals surface area contributed by atoms with E-state index in [9.17, 15) is 4.79 Å². The predicted molar refractivity (Wildman–Crippen MR) is 91.9 cm³/mol. The Hall–Kier alpha value is -1.68. The molecule has 0 radical (unpaired) electrons. The van der Waals surface area contributed by atoms with Gasteiger partial charge >= 0.3 is 0 Å². The van der Waals surface area contributed by atoms with Gasteiger partial charge in [-0.15, -0.1) is 0 Å². The van der Waals surface area contributed by atoms with E-state index in [1.165, 1.54) is 5.57 Å². The first-order valence-electron chi connectivity index (χ1n) is 8.69. The van der Waals surface area contributed by atoms with Gasteiger partial charge in [0.15, 0.2) is 0 Å². The molecule has 4 heteroatoms. The summed E-state index contributed by atoms with van der Waals surface area (Å²) in [5.74, 6) is 0.314. The third-order valence-corrected chi connectivity index (χ3v) is 5.13. The van der Waals surface area contributed by atoms with Crippen LogP contribution in [0.1, 0.15) is 45.2 Å². The molecule has 1 aromatic heterocycles. The molecule has 3 heterocycles. The molecule has 2 aliphatic rings. The van der Waals surface area contributed by atoms with Gasteiger partial charge in [0.1, 0.15) is 5.54 Å². The minimum absolute atomic E-state index is 0.265. The maximum absolute atomic E-state index is 13.2. The van der Waals surface area contributed by atoms with Crippen LogP contribution in [-0.2, 0) is 11.3 Å². The molecule has 2 aliphatic heterocycles. The topological polar surface area (TPSA) is 36.4 Å². The highest BCUT2D eigenvalue weighted by molar-refractivity contribution is 5.87. The van der Waals surface area contributed by atoms with Crippen molar-refractivity contribution in [1.82, 2.24) is 14.8 Å². The average Bonchev–Trinajstić information content (AvgIpc) is 2.94. The second-order valence-electron chi connectivity index (χ2n) is 7.01. The van der Waals surface area contributed by atoms with Gasteiger partial charge < -0.3 is 4.90 Å². The Labute approximate surface area is 139 Å². The summed E-state index contributed by atoms with van der Waals surface area (Å²) in [4.78, 5) is 22.1. The van der Waals surface area contributed by atoms with E-state index in [4.69, 9.17) is 0 Å². The van der Waals surface area contributed by atoms with Crippen molar-refractivity contribution in [2.24, 2.45) is 0 Å². The van der Waals surface area contributed by atoms with Crippen molar-refractivity contribution in [1.29, 1.82) is 0 Å². The number of allylic oxidation sites excluding steroid dienone is 1. The lowest BCUT2D eigenvalue weighted by Crippen LogP contribution is -2.59. The fourth-order valence-corrected chi connectivity index (χ4v) is 3.92. The molecule has 1 amide bonds. The Morgan fingerprint density at radius 3 is 2.74 bits per heavy atom. The second kappa shape index (κ2) is 6.83. The van der Waals surface area contributed by atoms with Crippen molar-refractivity contribution in [3.05, 3.63) is 41.7 Å². The predicted octanol–water partition coefficient (Wildman–Crippen LogP) is 3.00. The molecular formula is C19H27N3O. The van der Waals surface area contributed by atoms with Crippen molar-refractivity contribution < 1.29 is 4.79 Å². The smallest absolute Gasteiger partial charge is 0.243 e. The Balaban J connectivity index is 1.77. The fraction of sp³-hybridized carbons (Fsp3) is 0.579. The first kappa shape index (κ1) is 16.2. The Morgan fingerprint density at radius 1 is 1.26 bits per heavy atom. The van der Waals surface area contributed by atoms with Crippen LogP contribution in [-0.4, -0.2) is 45.9 Å². The summed E-state index contributed by atoms with van der Waals surface area (Å²) in [6, 6.07) is 5.91. The fourth-order valence-electron chi connectivity index (χ4n) is 3.92. The van der Waals surface area contributed by atoms with Gasteiger partial charge in [-0.25, -0.2) is 0 Å². The minimum Gasteiger partial charge on any atom is -0.335 e. The zero-order valence-electron chi connectivity index (χ0n) is 14.3. The highest BCUT2D eigenvalue weighted by Crippen LogP contribution is 2.38. The molecule has 2 saturated heterocycles. The van der Waals surface area contributed by atoms with E-state index < -0.39 is 0 Å². The summed E-state index contributed by atoms with van der Waals surface area (Å²) in [7, 11) is 0. The van der Waals surface area contributed by atoms with Gasteiger partial charge in [0.2, 0.25) is 5.91 Å². The molecule has 0 aliphatic carbocycles. The molecule has 23 heavy (non-hydrogen) atoms. The largest absolute Gasteiger partial charge is 0.335 e. The number of aromatic nitrogens is 1. The SMILES string of the molecule is CC(C)=CCN1CCCC12CCCN(Cc1ccccn1)C2=O. The monoisotopic (exact) mass is 313 g/mol. The standard InChI is InChI=1S/C19H27N3O/c1-16(2)8-14-22-13-6-10-19(22)9-5-12-21(18(19)23)15-17-7-3-4-11-20-17/h3-4,7-8,11H,5-6,9-10,12-15H2,1-2H3. The van der Waals surface area contributed by atoms with E-state index in [0.717, 1.165) is 51.0 Å². The van der Waals surface area contributed by atoms with Crippen LogP contribution in [0.15, 0.2) is 36.0 Å². The molecule has 0 aromatic carbocycles. The van der Waals surface area contributed by atoms with E-state index in [0.29, 0.717) is 12.5 Å². The molecule has 124 valence electrons. The van der Waals surface area contributed by atoms with Gasteiger partial charge in [-0.05, 0) is 58.2 Å². The lowest BCUT2D eigenvalue weighted by Gasteiger charge is -2.44. The van der Waals surface area contributed by atoms with Crippen LogP contribution in [0.5, 0.6) is 0 Å². The molecule has 1 spiro atoms. The summed E-state index contributed by atoms with van der Waals surface area (Å²) < 4.78 is 0. The quantitative estimate of drug-likeness (QED) is 0.802. The molecule has 1 atom stereocenters. The van der Waals surface area contributed by atoms with Crippen LogP contribution < -0.4 is 0 Å². The van der Waals surface area contributed by atoms with Gasteiger partial charge in [0.05, 0.1) is 12.2 Å². The maximum Gasteiger partial charge on any atom is 0.243 e. The van der Waals surface area contributed by atoms with Crippen LogP contribution >= 0.6 is 0 Å². The number of carbonyl (C=O) groups excluding carboxylic acids is 1. The van der Waals surface area contributed by atoms with Crippen LogP contribution in [0.4, 0.5) is 0 Å². The minimum atomic E-state index is -0.265. The number of piperidine rings is 1. The van der Waals surface area contributed by atoms with E-state index in [-0.39, 0.29) is 5.54 Å². The number of likely N-dealkylation sites (tertiary alicyclic amines) is 2. The van der Waals surface area contributed by atoms with E-state index in [1.54, 1.807) is 6.20 Å². The highest BCUT2D eigenvalue weighted by atomic mass is 16.2. The molecule has 0 bridgehead atoms. The zero-order valence-corrected chi connectivity index (χ0v) is 14.3. The van der Waals surface area contributed by atoms with Crippen LogP contribution in [0.3, 0.4) is 0 Å². The normalized spacial score (nSPS) is 25.1. The summed E-state index contributed by atoms with van der Waals surface area (Å²) in [5.41, 5.74) is 2.03. The van der Waals surface area contributed by atoms with Crippen LogP contribution in [0, 0.1) is 0 Å². The van der Waals surface area contributed by atoms with Gasteiger partial charge in [-0.1, -0.05) is 17.7 Å². The van der Waals surface area contributed by atoms with E-state index >= 15 is 0 Å². The van der Waals surface area contributed by atoms with Gasteiger partial charge in [0.25, 0.3) is 0 Å². The lowest BCUT2D eigenvalue weighted by molar-refractivity contribution is -0.147. The van der Waals surface area contributed by atoms with E-state index in [1.807, 2.05) is 23.1 Å². The second-order valence-corrected chi connectivity index (χ2v) is 7.01. The first-order valence-corrected chi connectivity index (χ1v) is 8.69. The molecule has 1 aromatic rings. The number of hydrogen-bond acceptors (Lipinski definition) is 3. The Kier molecular flexibility index (Phi) is 4.81. The first-order chi connectivity index (χ1) is 11.1. The third kappa shape index (κ3) is 3.32.